The van der Waals surface area contributed by atoms with Crippen LogP contribution in [0.4, 0.5) is 19.1 Å². The van der Waals surface area contributed by atoms with E-state index in [2.05, 4.69) is 10.3 Å². The summed E-state index contributed by atoms with van der Waals surface area (Å²) in [6.45, 7) is 2.00. The average molecular weight is 357 g/mol. The number of halogens is 3. The van der Waals surface area contributed by atoms with E-state index in [4.69, 9.17) is 4.74 Å². The number of nitrogens with one attached hydrogen (secondary N) is 1. The molecule has 1 aromatic heterocycles. The highest BCUT2D eigenvalue weighted by Crippen LogP contribution is 2.24. The number of rotatable bonds is 6. The normalized spacial score (nSPS) is 11.6. The monoisotopic (exact) mass is 357 g/mol. The van der Waals surface area contributed by atoms with Gasteiger partial charge >= 0.3 is 6.18 Å². The van der Waals surface area contributed by atoms with Crippen molar-refractivity contribution in [3.05, 3.63) is 41.2 Å². The molecule has 0 unspecified atom stereocenters. The van der Waals surface area contributed by atoms with Crippen LogP contribution in [0.1, 0.15) is 21.6 Å². The molecule has 0 spiro atoms. The maximum Gasteiger partial charge on any atom is 0.394 e. The van der Waals surface area contributed by atoms with Gasteiger partial charge in [-0.15, -0.1) is 0 Å². The fraction of sp³-hybridized carbons (Fsp3) is 0.375. The number of phenols is 1. The van der Waals surface area contributed by atoms with E-state index < -0.39 is 18.5 Å². The summed E-state index contributed by atoms with van der Waals surface area (Å²) in [5.74, 6) is -0.926. The number of ether oxygens (including phenoxy) is 1. The summed E-state index contributed by atoms with van der Waals surface area (Å²) in [4.78, 5) is 16.1. The average Bonchev–Trinajstić information content (AvgIpc) is 2.84. The lowest BCUT2D eigenvalue weighted by molar-refractivity contribution is -0.128. The van der Waals surface area contributed by atoms with E-state index in [-0.39, 0.29) is 36.1 Å². The van der Waals surface area contributed by atoms with Crippen molar-refractivity contribution in [1.82, 2.24) is 9.55 Å². The van der Waals surface area contributed by atoms with Crippen molar-refractivity contribution in [2.75, 3.05) is 19.0 Å². The van der Waals surface area contributed by atoms with Gasteiger partial charge in [-0.25, -0.2) is 4.98 Å². The van der Waals surface area contributed by atoms with Crippen LogP contribution in [0.25, 0.3) is 0 Å². The van der Waals surface area contributed by atoms with Gasteiger partial charge in [0.25, 0.3) is 5.91 Å². The molecule has 0 saturated carbocycles. The summed E-state index contributed by atoms with van der Waals surface area (Å²) in [6.07, 6.45) is -4.51. The Labute approximate surface area is 142 Å². The number of aromatic hydroxyl groups is 1. The Morgan fingerprint density at radius 1 is 1.40 bits per heavy atom. The number of imidazole rings is 1. The quantitative estimate of drug-likeness (QED) is 0.833. The number of methoxy groups -OCH3 is 1. The van der Waals surface area contributed by atoms with Crippen molar-refractivity contribution < 1.29 is 27.8 Å². The predicted molar refractivity (Wildman–Crippen MR) is 84.7 cm³/mol. The summed E-state index contributed by atoms with van der Waals surface area (Å²) in [7, 11) is 1.42. The van der Waals surface area contributed by atoms with Gasteiger partial charge in [-0.2, -0.15) is 13.2 Å². The van der Waals surface area contributed by atoms with E-state index in [1.165, 1.54) is 23.8 Å². The molecular formula is C16H18F3N3O3. The van der Waals surface area contributed by atoms with Gasteiger partial charge in [-0.3, -0.25) is 10.1 Å². The Hall–Kier alpha value is -2.55. The molecule has 1 amide bonds. The molecule has 0 radical (unpaired) electrons. The molecule has 0 bridgehead atoms. The number of aromatic nitrogens is 2. The second-order valence-electron chi connectivity index (χ2n) is 5.48. The molecule has 0 aliphatic rings. The topological polar surface area (TPSA) is 76.4 Å². The van der Waals surface area contributed by atoms with Crippen LogP contribution in [-0.4, -0.2) is 40.5 Å². The highest BCUT2D eigenvalue weighted by molar-refractivity contribution is 6.05. The molecule has 0 aliphatic heterocycles. The molecule has 2 N–H and O–H groups in total. The Balaban J connectivity index is 2.27. The van der Waals surface area contributed by atoms with Gasteiger partial charge < -0.3 is 14.4 Å². The molecule has 0 fully saturated rings. The zero-order chi connectivity index (χ0) is 18.6. The van der Waals surface area contributed by atoms with Crippen molar-refractivity contribution in [3.8, 4) is 5.75 Å². The highest BCUT2D eigenvalue weighted by atomic mass is 19.4. The third-order valence-corrected chi connectivity index (χ3v) is 3.46. The highest BCUT2D eigenvalue weighted by Gasteiger charge is 2.30. The van der Waals surface area contributed by atoms with Crippen LogP contribution < -0.4 is 5.32 Å². The molecule has 2 rings (SSSR count). The molecule has 1 heterocycles. The van der Waals surface area contributed by atoms with Crippen LogP contribution in [0.2, 0.25) is 0 Å². The zero-order valence-corrected chi connectivity index (χ0v) is 13.7. The summed E-state index contributed by atoms with van der Waals surface area (Å²) >= 11 is 0. The molecule has 2 aromatic rings. The van der Waals surface area contributed by atoms with Crippen molar-refractivity contribution >= 4 is 11.9 Å². The van der Waals surface area contributed by atoms with Crippen LogP contribution >= 0.6 is 0 Å². The lowest BCUT2D eigenvalue weighted by Crippen LogP contribution is -2.20. The second kappa shape index (κ2) is 7.56. The number of hydrogen-bond acceptors (Lipinski definition) is 4. The summed E-state index contributed by atoms with van der Waals surface area (Å²) in [5.41, 5.74) is 0.681. The van der Waals surface area contributed by atoms with Gasteiger partial charge in [0.2, 0.25) is 5.95 Å². The van der Waals surface area contributed by atoms with Gasteiger partial charge in [0.1, 0.15) is 5.75 Å². The van der Waals surface area contributed by atoms with E-state index in [0.717, 1.165) is 11.8 Å². The predicted octanol–water partition coefficient (Wildman–Crippen LogP) is 2.90. The molecular weight excluding hydrogens is 339 g/mol. The van der Waals surface area contributed by atoms with Crippen LogP contribution in [0.5, 0.6) is 5.75 Å². The lowest BCUT2D eigenvalue weighted by Gasteiger charge is -2.13. The fourth-order valence-electron chi connectivity index (χ4n) is 2.29. The maximum atomic E-state index is 12.7. The molecule has 136 valence electrons. The maximum absolute atomic E-state index is 12.7. The number of hydrogen-bond donors (Lipinski definition) is 2. The largest absolute Gasteiger partial charge is 0.507 e. The minimum atomic E-state index is -4.40. The summed E-state index contributed by atoms with van der Waals surface area (Å²) in [5, 5.41) is 12.3. The van der Waals surface area contributed by atoms with E-state index in [9.17, 15) is 23.1 Å². The number of carbonyl (C=O) groups excluding carboxylic acids is 1. The fourth-order valence-corrected chi connectivity index (χ4v) is 2.29. The first kappa shape index (κ1) is 18.8. The van der Waals surface area contributed by atoms with Gasteiger partial charge in [-0.1, -0.05) is 6.07 Å². The molecule has 1 aromatic carbocycles. The lowest BCUT2D eigenvalue weighted by atomic mass is 10.1. The molecule has 6 nitrogen and oxygen atoms in total. The first-order valence-corrected chi connectivity index (χ1v) is 7.42. The molecule has 0 aliphatic carbocycles. The second-order valence-corrected chi connectivity index (χ2v) is 5.48. The summed E-state index contributed by atoms with van der Waals surface area (Å²) in [6, 6.07) is 4.49. The van der Waals surface area contributed by atoms with Crippen molar-refractivity contribution in [2.45, 2.75) is 26.1 Å². The number of benzene rings is 1. The third-order valence-electron chi connectivity index (χ3n) is 3.46. The standard InChI is InChI=1S/C16H18F3N3O3/c1-10-3-4-12(13(23)7-10)14(24)21-15-20-9-11(8-16(17,18)19)22(15)5-6-25-2/h3-4,7,9,23H,5-6,8H2,1-2H3,(H,20,21,24). The smallest absolute Gasteiger partial charge is 0.394 e. The van der Waals surface area contributed by atoms with Crippen LogP contribution in [-0.2, 0) is 17.7 Å². The Morgan fingerprint density at radius 2 is 2.12 bits per heavy atom. The van der Waals surface area contributed by atoms with E-state index in [1.807, 2.05) is 0 Å². The number of amides is 1. The van der Waals surface area contributed by atoms with E-state index in [1.54, 1.807) is 13.0 Å². The number of alkyl halides is 3. The summed E-state index contributed by atoms with van der Waals surface area (Å²) < 4.78 is 44.2. The van der Waals surface area contributed by atoms with E-state index in [0.29, 0.717) is 0 Å². The van der Waals surface area contributed by atoms with E-state index >= 15 is 0 Å². The van der Waals surface area contributed by atoms with Gasteiger partial charge in [0.15, 0.2) is 0 Å². The van der Waals surface area contributed by atoms with Crippen LogP contribution in [0.3, 0.4) is 0 Å². The molecule has 0 saturated heterocycles. The number of aryl methyl sites for hydroxylation is 1. The number of carbonyl (C=O) groups is 1. The molecule has 0 atom stereocenters. The Morgan fingerprint density at radius 3 is 2.72 bits per heavy atom. The molecule has 9 heteroatoms. The van der Waals surface area contributed by atoms with Crippen molar-refractivity contribution in [1.29, 1.82) is 0 Å². The first-order chi connectivity index (χ1) is 11.7. The SMILES string of the molecule is COCCn1c(CC(F)(F)F)cnc1NC(=O)c1ccc(C)cc1O. The number of anilines is 1. The Bertz CT molecular complexity index is 757. The van der Waals surface area contributed by atoms with Gasteiger partial charge in [0.05, 0.1) is 24.8 Å². The zero-order valence-electron chi connectivity index (χ0n) is 13.7. The number of phenolic OH excluding ortho intramolecular Hbond substituents is 1. The van der Waals surface area contributed by atoms with Crippen LogP contribution in [0.15, 0.2) is 24.4 Å². The van der Waals surface area contributed by atoms with Gasteiger partial charge in [-0.05, 0) is 24.6 Å². The Kier molecular flexibility index (Phi) is 5.68. The number of nitrogens with zero attached hydrogens (tertiary/aromatic N) is 2. The molecule has 25 heavy (non-hydrogen) atoms. The van der Waals surface area contributed by atoms with Crippen molar-refractivity contribution in [3.63, 3.8) is 0 Å². The van der Waals surface area contributed by atoms with Crippen LogP contribution in [0, 0.1) is 6.92 Å². The minimum Gasteiger partial charge on any atom is -0.507 e. The van der Waals surface area contributed by atoms with Gasteiger partial charge in [0, 0.05) is 19.3 Å². The third kappa shape index (κ3) is 4.96. The first-order valence-electron chi connectivity index (χ1n) is 7.42. The van der Waals surface area contributed by atoms with Crippen molar-refractivity contribution in [2.24, 2.45) is 0 Å². The minimum absolute atomic E-state index is 0.00395.